The number of carbonyl (C=O) groups is 3. The van der Waals surface area contributed by atoms with E-state index in [-0.39, 0.29) is 24.6 Å². The molecule has 0 unspecified atom stereocenters. The fraction of sp³-hybridized carbons (Fsp3) is 0.808. The van der Waals surface area contributed by atoms with Crippen LogP contribution in [0.25, 0.3) is 0 Å². The predicted molar refractivity (Wildman–Crippen MR) is 126 cm³/mol. The van der Waals surface area contributed by atoms with Gasteiger partial charge in [-0.15, -0.1) is 0 Å². The van der Waals surface area contributed by atoms with E-state index in [2.05, 4.69) is 26.0 Å². The van der Waals surface area contributed by atoms with Gasteiger partial charge in [0, 0.05) is 19.3 Å². The fourth-order valence-electron chi connectivity index (χ4n) is 3.41. The first-order valence-electron chi connectivity index (χ1n) is 12.6. The summed E-state index contributed by atoms with van der Waals surface area (Å²) in [5.41, 5.74) is 0. The fourth-order valence-corrected chi connectivity index (χ4v) is 3.41. The van der Waals surface area contributed by atoms with Crippen LogP contribution in [0.3, 0.4) is 0 Å². The Labute approximate surface area is 190 Å². The van der Waals surface area contributed by atoms with Gasteiger partial charge >= 0.3 is 11.9 Å². The van der Waals surface area contributed by atoms with E-state index in [1.54, 1.807) is 0 Å². The minimum atomic E-state index is -0.287. The number of rotatable bonds is 22. The zero-order chi connectivity index (χ0) is 23.0. The van der Waals surface area contributed by atoms with E-state index in [1.165, 1.54) is 19.3 Å². The van der Waals surface area contributed by atoms with E-state index in [0.29, 0.717) is 19.1 Å². The molecule has 0 aliphatic heterocycles. The summed E-state index contributed by atoms with van der Waals surface area (Å²) in [6.07, 6.45) is 21.8. The molecular formula is C26H46O5. The first-order chi connectivity index (χ1) is 15.1. The molecule has 31 heavy (non-hydrogen) atoms. The molecule has 1 atom stereocenters. The highest BCUT2D eigenvalue weighted by atomic mass is 16.5. The van der Waals surface area contributed by atoms with Crippen LogP contribution in [-0.2, 0) is 23.9 Å². The van der Waals surface area contributed by atoms with E-state index in [9.17, 15) is 14.4 Å². The van der Waals surface area contributed by atoms with Crippen molar-refractivity contribution in [1.82, 2.24) is 0 Å². The number of ether oxygens (including phenoxy) is 2. The molecule has 5 heteroatoms. The zero-order valence-electron chi connectivity index (χ0n) is 20.1. The molecule has 0 aliphatic carbocycles. The van der Waals surface area contributed by atoms with Crippen molar-refractivity contribution in [3.05, 3.63) is 12.2 Å². The first kappa shape index (κ1) is 29.4. The lowest BCUT2D eigenvalue weighted by Gasteiger charge is -2.16. The van der Waals surface area contributed by atoms with Gasteiger partial charge in [-0.25, -0.2) is 0 Å². The quantitative estimate of drug-likeness (QED) is 0.0798. The second-order valence-electron chi connectivity index (χ2n) is 8.28. The molecule has 0 rings (SSSR count). The van der Waals surface area contributed by atoms with Crippen molar-refractivity contribution in [2.24, 2.45) is 0 Å². The van der Waals surface area contributed by atoms with Crippen LogP contribution < -0.4 is 0 Å². The van der Waals surface area contributed by atoms with E-state index in [0.717, 1.165) is 77.0 Å². The van der Waals surface area contributed by atoms with Gasteiger partial charge in [-0.3, -0.25) is 14.4 Å². The molecule has 0 radical (unpaired) electrons. The molecule has 0 spiro atoms. The molecule has 0 saturated carbocycles. The molecule has 0 heterocycles. The Kier molecular flexibility index (Phi) is 21.8. The summed E-state index contributed by atoms with van der Waals surface area (Å²) in [6, 6.07) is 0. The summed E-state index contributed by atoms with van der Waals surface area (Å²) in [7, 11) is 0. The van der Waals surface area contributed by atoms with Crippen molar-refractivity contribution >= 4 is 18.2 Å². The van der Waals surface area contributed by atoms with Crippen LogP contribution in [0.1, 0.15) is 123 Å². The minimum absolute atomic E-state index is 0.0150. The number of hydrogen-bond acceptors (Lipinski definition) is 5. The first-order valence-corrected chi connectivity index (χ1v) is 12.6. The van der Waals surface area contributed by atoms with Gasteiger partial charge in [-0.1, -0.05) is 77.4 Å². The van der Waals surface area contributed by atoms with Gasteiger partial charge in [-0.2, -0.15) is 0 Å². The van der Waals surface area contributed by atoms with Crippen LogP contribution in [0.5, 0.6) is 0 Å². The lowest BCUT2D eigenvalue weighted by molar-refractivity contribution is -0.149. The smallest absolute Gasteiger partial charge is 0.306 e. The van der Waals surface area contributed by atoms with E-state index < -0.39 is 0 Å². The van der Waals surface area contributed by atoms with Gasteiger partial charge in [0.25, 0.3) is 0 Å². The van der Waals surface area contributed by atoms with Crippen molar-refractivity contribution in [3.8, 4) is 0 Å². The van der Waals surface area contributed by atoms with Crippen LogP contribution in [0.2, 0.25) is 0 Å². The molecule has 0 aliphatic rings. The summed E-state index contributed by atoms with van der Waals surface area (Å²) in [4.78, 5) is 33.5. The maximum Gasteiger partial charge on any atom is 0.306 e. The number of esters is 2. The maximum absolute atomic E-state index is 12.1. The molecule has 0 aromatic rings. The number of allylic oxidation sites excluding steroid dienone is 1. The highest BCUT2D eigenvalue weighted by Gasteiger charge is 2.12. The van der Waals surface area contributed by atoms with Gasteiger partial charge in [-0.05, 0) is 38.5 Å². The van der Waals surface area contributed by atoms with E-state index in [4.69, 9.17) is 9.47 Å². The van der Waals surface area contributed by atoms with Crippen molar-refractivity contribution in [2.45, 2.75) is 129 Å². The second-order valence-corrected chi connectivity index (χ2v) is 8.28. The lowest BCUT2D eigenvalue weighted by Crippen LogP contribution is -2.17. The minimum Gasteiger partial charge on any atom is -0.462 e. The lowest BCUT2D eigenvalue weighted by atomic mass is 10.1. The molecule has 180 valence electrons. The van der Waals surface area contributed by atoms with Crippen LogP contribution in [-0.4, -0.2) is 30.9 Å². The van der Waals surface area contributed by atoms with Crippen LogP contribution in [0, 0.1) is 0 Å². The molecule has 0 aromatic heterocycles. The Morgan fingerprint density at radius 3 is 2.10 bits per heavy atom. The largest absolute Gasteiger partial charge is 0.462 e. The SMILES string of the molecule is CCCCCC[C@H](C/C=C\CCCCCCCC(=O)OCC=O)OC(=O)CCCCC. The number of unbranched alkanes of at least 4 members (excludes halogenated alkanes) is 10. The summed E-state index contributed by atoms with van der Waals surface area (Å²) >= 11 is 0. The van der Waals surface area contributed by atoms with Gasteiger partial charge in [0.2, 0.25) is 0 Å². The van der Waals surface area contributed by atoms with Crippen molar-refractivity contribution < 1.29 is 23.9 Å². The topological polar surface area (TPSA) is 69.7 Å². The normalized spacial score (nSPS) is 12.1. The second kappa shape index (κ2) is 23.0. The van der Waals surface area contributed by atoms with Crippen LogP contribution >= 0.6 is 0 Å². The Morgan fingerprint density at radius 1 is 0.742 bits per heavy atom. The molecular weight excluding hydrogens is 392 g/mol. The molecule has 0 aromatic carbocycles. The van der Waals surface area contributed by atoms with Gasteiger partial charge in [0.15, 0.2) is 6.29 Å². The summed E-state index contributed by atoms with van der Waals surface area (Å²) in [6.45, 7) is 4.21. The number of hydrogen-bond donors (Lipinski definition) is 0. The number of aldehydes is 1. The third-order valence-corrected chi connectivity index (χ3v) is 5.29. The zero-order valence-corrected chi connectivity index (χ0v) is 20.1. The summed E-state index contributed by atoms with van der Waals surface area (Å²) in [5, 5.41) is 0. The van der Waals surface area contributed by atoms with Gasteiger partial charge in [0.05, 0.1) is 0 Å². The third-order valence-electron chi connectivity index (χ3n) is 5.29. The number of carbonyl (C=O) groups excluding carboxylic acids is 3. The van der Waals surface area contributed by atoms with Crippen LogP contribution in [0.4, 0.5) is 0 Å². The Bertz CT molecular complexity index is 472. The van der Waals surface area contributed by atoms with Gasteiger partial charge < -0.3 is 9.47 Å². The molecule has 5 nitrogen and oxygen atoms in total. The van der Waals surface area contributed by atoms with E-state index >= 15 is 0 Å². The van der Waals surface area contributed by atoms with Crippen LogP contribution in [0.15, 0.2) is 12.2 Å². The summed E-state index contributed by atoms with van der Waals surface area (Å²) < 4.78 is 10.5. The predicted octanol–water partition coefficient (Wildman–Crippen LogP) is 6.87. The summed E-state index contributed by atoms with van der Waals surface area (Å²) in [5.74, 6) is -0.331. The third kappa shape index (κ3) is 21.4. The van der Waals surface area contributed by atoms with Crippen molar-refractivity contribution in [2.75, 3.05) is 6.61 Å². The molecule has 0 bridgehead atoms. The maximum atomic E-state index is 12.1. The van der Waals surface area contributed by atoms with Gasteiger partial charge in [0.1, 0.15) is 12.7 Å². The van der Waals surface area contributed by atoms with E-state index in [1.807, 2.05) is 0 Å². The highest BCUT2D eigenvalue weighted by Crippen LogP contribution is 2.15. The Hall–Kier alpha value is -1.65. The highest BCUT2D eigenvalue weighted by molar-refractivity contribution is 5.71. The van der Waals surface area contributed by atoms with Crippen molar-refractivity contribution in [1.29, 1.82) is 0 Å². The Balaban J connectivity index is 3.93. The molecule has 0 N–H and O–H groups in total. The van der Waals surface area contributed by atoms with Crippen molar-refractivity contribution in [3.63, 3.8) is 0 Å². The molecule has 0 amide bonds. The standard InChI is InChI=1S/C26H46O5/c1-3-5-7-15-18-24(31-26(29)21-14-6-4-2)19-16-12-10-8-9-11-13-17-20-25(28)30-23-22-27/h12,16,22,24H,3-11,13-15,17-21,23H2,1-2H3/b16-12-/t24-/m1/s1. The molecule has 0 fully saturated rings. The monoisotopic (exact) mass is 438 g/mol. The Morgan fingerprint density at radius 2 is 1.35 bits per heavy atom. The average molecular weight is 439 g/mol. The average Bonchev–Trinajstić information content (AvgIpc) is 2.76. The molecule has 0 saturated heterocycles.